The Morgan fingerprint density at radius 2 is 1.84 bits per heavy atom. The first-order chi connectivity index (χ1) is 15.2. The number of methoxy groups -OCH3 is 1. The molecule has 0 amide bonds. The van der Waals surface area contributed by atoms with Crippen molar-refractivity contribution in [3.8, 4) is 23.0 Å². The van der Waals surface area contributed by atoms with Crippen LogP contribution in [0.1, 0.15) is 21.5 Å². The summed E-state index contributed by atoms with van der Waals surface area (Å²) in [7, 11) is 1.63. The van der Waals surface area contributed by atoms with E-state index < -0.39 is 0 Å². The van der Waals surface area contributed by atoms with E-state index in [0.717, 1.165) is 28.2 Å². The molecule has 0 saturated carbocycles. The number of ketones is 1. The highest BCUT2D eigenvalue weighted by molar-refractivity contribution is 6.12. The van der Waals surface area contributed by atoms with Gasteiger partial charge in [-0.25, -0.2) is 0 Å². The van der Waals surface area contributed by atoms with E-state index in [9.17, 15) is 4.79 Å². The average Bonchev–Trinajstić information content (AvgIpc) is 3.12. The number of hydrogen-bond acceptors (Lipinski definition) is 5. The molecule has 3 aromatic carbocycles. The highest BCUT2D eigenvalue weighted by atomic mass is 16.5. The predicted molar refractivity (Wildman–Crippen MR) is 117 cm³/mol. The van der Waals surface area contributed by atoms with E-state index >= 15 is 0 Å². The zero-order chi connectivity index (χ0) is 21.2. The van der Waals surface area contributed by atoms with Crippen LogP contribution < -0.4 is 18.9 Å². The minimum Gasteiger partial charge on any atom is -0.496 e. The Bertz CT molecular complexity index is 1220. The van der Waals surface area contributed by atoms with Gasteiger partial charge < -0.3 is 18.9 Å². The average molecular weight is 412 g/mol. The molecule has 0 aromatic heterocycles. The second-order valence-corrected chi connectivity index (χ2v) is 7.24. The number of hydrogen-bond donors (Lipinski definition) is 0. The maximum atomic E-state index is 12.8. The van der Waals surface area contributed by atoms with Gasteiger partial charge in [0.2, 0.25) is 5.78 Å². The number of ether oxygens (including phenoxy) is 4. The van der Waals surface area contributed by atoms with Crippen LogP contribution in [0.2, 0.25) is 0 Å². The van der Waals surface area contributed by atoms with Gasteiger partial charge in [0, 0.05) is 17.2 Å². The third-order valence-electron chi connectivity index (χ3n) is 5.20. The lowest BCUT2D eigenvalue weighted by Gasteiger charge is -2.15. The molecule has 0 radical (unpaired) electrons. The summed E-state index contributed by atoms with van der Waals surface area (Å²) < 4.78 is 22.9. The Balaban J connectivity index is 1.33. The van der Waals surface area contributed by atoms with E-state index in [1.54, 1.807) is 31.4 Å². The van der Waals surface area contributed by atoms with Crippen LogP contribution in [0.4, 0.5) is 0 Å². The lowest BCUT2D eigenvalue weighted by Crippen LogP contribution is -2.08. The molecule has 5 rings (SSSR count). The van der Waals surface area contributed by atoms with E-state index in [2.05, 4.69) is 0 Å². The third-order valence-corrected chi connectivity index (χ3v) is 5.20. The second kappa shape index (κ2) is 8.03. The summed E-state index contributed by atoms with van der Waals surface area (Å²) in [5.41, 5.74) is 3.32. The summed E-state index contributed by atoms with van der Waals surface area (Å²) >= 11 is 0. The molecule has 0 atom stereocenters. The molecule has 0 aliphatic carbocycles. The fraction of sp³-hybridized carbons (Fsp3) is 0.115. The zero-order valence-electron chi connectivity index (χ0n) is 17.0. The molecule has 2 aliphatic rings. The first-order valence-corrected chi connectivity index (χ1v) is 9.96. The predicted octanol–water partition coefficient (Wildman–Crippen LogP) is 5.21. The molecule has 3 aromatic rings. The molecule has 0 fully saturated rings. The van der Waals surface area contributed by atoms with E-state index in [1.165, 1.54) is 0 Å². The van der Waals surface area contributed by atoms with Crippen LogP contribution in [0, 0.1) is 0 Å². The van der Waals surface area contributed by atoms with Gasteiger partial charge in [-0.2, -0.15) is 0 Å². The van der Waals surface area contributed by atoms with E-state index in [0.29, 0.717) is 30.3 Å². The highest BCUT2D eigenvalue weighted by Crippen LogP contribution is 2.36. The number of carbonyl (C=O) groups is 1. The standard InChI is InChI=1S/C26H20O5/c1-28-22-8-4-3-7-19(22)16-29-20-10-11-21-24(14-20)31-25(26(21)27)13-17-12-18-6-2-5-9-23(18)30-15-17/h2-14H,15-16H2,1H3. The molecule has 31 heavy (non-hydrogen) atoms. The zero-order valence-corrected chi connectivity index (χ0v) is 17.0. The summed E-state index contributed by atoms with van der Waals surface area (Å²) in [6, 6.07) is 20.7. The Morgan fingerprint density at radius 1 is 1.00 bits per heavy atom. The van der Waals surface area contributed by atoms with Gasteiger partial charge in [-0.1, -0.05) is 36.4 Å². The van der Waals surface area contributed by atoms with E-state index in [-0.39, 0.29) is 11.5 Å². The summed E-state index contributed by atoms with van der Waals surface area (Å²) in [5, 5.41) is 0. The van der Waals surface area contributed by atoms with Gasteiger partial charge in [0.1, 0.15) is 36.2 Å². The number of Topliss-reactive ketones (excluding diaryl/α,β-unsaturated/α-hetero) is 1. The molecule has 154 valence electrons. The minimum atomic E-state index is -0.147. The van der Waals surface area contributed by atoms with Crippen molar-refractivity contribution in [3.05, 3.63) is 101 Å². The smallest absolute Gasteiger partial charge is 0.231 e. The molecule has 2 aliphatic heterocycles. The molecule has 0 saturated heterocycles. The van der Waals surface area contributed by atoms with Crippen molar-refractivity contribution < 1.29 is 23.7 Å². The normalized spacial score (nSPS) is 15.5. The monoisotopic (exact) mass is 412 g/mol. The second-order valence-electron chi connectivity index (χ2n) is 7.24. The van der Waals surface area contributed by atoms with Gasteiger partial charge in [-0.15, -0.1) is 0 Å². The molecule has 5 nitrogen and oxygen atoms in total. The number of para-hydroxylation sites is 2. The molecule has 0 bridgehead atoms. The maximum Gasteiger partial charge on any atom is 0.231 e. The summed E-state index contributed by atoms with van der Waals surface area (Å²) in [5.74, 6) is 2.85. The molecular formula is C26H20O5. The number of carbonyl (C=O) groups excluding carboxylic acids is 1. The van der Waals surface area contributed by atoms with Gasteiger partial charge in [0.15, 0.2) is 5.76 Å². The number of fused-ring (bicyclic) bond motifs is 2. The van der Waals surface area contributed by atoms with Crippen LogP contribution in [0.25, 0.3) is 6.08 Å². The lowest BCUT2D eigenvalue weighted by atomic mass is 10.1. The van der Waals surface area contributed by atoms with E-state index in [1.807, 2.05) is 54.6 Å². The van der Waals surface area contributed by atoms with Gasteiger partial charge in [0.25, 0.3) is 0 Å². The highest BCUT2D eigenvalue weighted by Gasteiger charge is 2.28. The minimum absolute atomic E-state index is 0.147. The topological polar surface area (TPSA) is 54.0 Å². The van der Waals surface area contributed by atoms with Gasteiger partial charge >= 0.3 is 0 Å². The molecule has 2 heterocycles. The molecule has 5 heteroatoms. The van der Waals surface area contributed by atoms with Gasteiger partial charge in [-0.05, 0) is 42.0 Å². The number of rotatable bonds is 5. The van der Waals surface area contributed by atoms with Crippen LogP contribution in [0.15, 0.2) is 84.1 Å². The fourth-order valence-corrected chi connectivity index (χ4v) is 3.63. The summed E-state index contributed by atoms with van der Waals surface area (Å²) in [6.45, 7) is 0.740. The Kier molecular flexibility index (Phi) is 4.92. The van der Waals surface area contributed by atoms with Crippen molar-refractivity contribution in [2.45, 2.75) is 6.61 Å². The van der Waals surface area contributed by atoms with E-state index in [4.69, 9.17) is 18.9 Å². The third kappa shape index (κ3) is 3.78. The van der Waals surface area contributed by atoms with Crippen LogP contribution in [-0.4, -0.2) is 19.5 Å². The van der Waals surface area contributed by atoms with Gasteiger partial charge in [0.05, 0.1) is 12.7 Å². The molecular weight excluding hydrogens is 392 g/mol. The van der Waals surface area contributed by atoms with Crippen LogP contribution >= 0.6 is 0 Å². The maximum absolute atomic E-state index is 12.8. The largest absolute Gasteiger partial charge is 0.496 e. The molecule has 0 spiro atoms. The fourth-order valence-electron chi connectivity index (χ4n) is 3.63. The van der Waals surface area contributed by atoms with Crippen molar-refractivity contribution in [3.63, 3.8) is 0 Å². The number of benzene rings is 3. The first-order valence-electron chi connectivity index (χ1n) is 9.96. The van der Waals surface area contributed by atoms with Crippen molar-refractivity contribution in [1.82, 2.24) is 0 Å². The van der Waals surface area contributed by atoms with Crippen LogP contribution in [-0.2, 0) is 6.61 Å². The Hall–Kier alpha value is -3.99. The Morgan fingerprint density at radius 3 is 2.74 bits per heavy atom. The van der Waals surface area contributed by atoms with Crippen molar-refractivity contribution in [2.75, 3.05) is 13.7 Å². The first kappa shape index (κ1) is 19.0. The quantitative estimate of drug-likeness (QED) is 0.539. The van der Waals surface area contributed by atoms with Crippen molar-refractivity contribution in [1.29, 1.82) is 0 Å². The summed E-state index contributed by atoms with van der Waals surface area (Å²) in [6.07, 6.45) is 3.75. The molecule has 0 N–H and O–H groups in total. The SMILES string of the molecule is COc1ccccc1COc1ccc2c(c1)OC(=CC1=Cc3ccccc3OC1)C2=O. The summed E-state index contributed by atoms with van der Waals surface area (Å²) in [4.78, 5) is 12.8. The van der Waals surface area contributed by atoms with Crippen LogP contribution in [0.3, 0.4) is 0 Å². The van der Waals surface area contributed by atoms with Crippen molar-refractivity contribution in [2.24, 2.45) is 0 Å². The Labute approximate surface area is 180 Å². The lowest BCUT2D eigenvalue weighted by molar-refractivity contribution is 0.101. The van der Waals surface area contributed by atoms with Crippen LogP contribution in [0.5, 0.6) is 23.0 Å². The van der Waals surface area contributed by atoms with Crippen molar-refractivity contribution >= 4 is 11.9 Å². The number of allylic oxidation sites excluding steroid dienone is 1. The molecule has 0 unspecified atom stereocenters. The van der Waals surface area contributed by atoms with Gasteiger partial charge in [-0.3, -0.25) is 4.79 Å².